The van der Waals surface area contributed by atoms with Gasteiger partial charge in [-0.25, -0.2) is 4.79 Å². The second-order valence-corrected chi connectivity index (χ2v) is 10.7. The Morgan fingerprint density at radius 2 is 1.34 bits per heavy atom. The molecule has 0 bridgehead atoms. The third-order valence-electron chi connectivity index (χ3n) is 7.41. The van der Waals surface area contributed by atoms with Crippen molar-refractivity contribution in [2.45, 2.75) is 93.4 Å². The normalized spacial score (nSPS) is 35.4. The maximum atomic E-state index is 12.1. The van der Waals surface area contributed by atoms with Crippen molar-refractivity contribution in [3.05, 3.63) is 40.2 Å². The minimum Gasteiger partial charge on any atom is -0.462 e. The molecule has 2 aliphatic rings. The van der Waals surface area contributed by atoms with Crippen LogP contribution in [-0.2, 0) is 20.6 Å². The predicted molar refractivity (Wildman–Crippen MR) is 136 cm³/mol. The van der Waals surface area contributed by atoms with Crippen molar-refractivity contribution in [2.75, 3.05) is 13.2 Å². The van der Waals surface area contributed by atoms with E-state index in [2.05, 4.69) is 0 Å². The standard InChI is InChI=1S/C26H36O15/c1-26(2,41-25-22(36)20(34)18(32)14(9-28)39-25)15(29)7-11-12(5-3-10-4-6-16(30)40-23(10)11)37-24-21(35)19(33)17(31)13(8-27)38-24/h3-6,13-15,17-22,24-25,27-29,31-36H,7-9H2,1-2H3/t13-,14-,15+,17-,18-,19+,20+,21-,22-,24-,25+/m1/s1. The zero-order chi connectivity index (χ0) is 30.2. The van der Waals surface area contributed by atoms with E-state index in [1.165, 1.54) is 38.1 Å². The SMILES string of the molecule is CC(C)(O[C@@H]1O[C@H](CO)[C@@H](O)[C@H](O)[C@H]1O)[C@@H](O)Cc1c(O[C@@H]2O[C@H](CO)[C@@H](O)[C@H](O)[C@H]2O)ccc2ccc(=O)oc12. The lowest BCUT2D eigenvalue weighted by atomic mass is 9.92. The van der Waals surface area contributed by atoms with Crippen molar-refractivity contribution >= 4 is 11.0 Å². The molecule has 9 N–H and O–H groups in total. The van der Waals surface area contributed by atoms with Crippen molar-refractivity contribution in [2.24, 2.45) is 0 Å². The first-order chi connectivity index (χ1) is 19.3. The van der Waals surface area contributed by atoms with E-state index in [1.54, 1.807) is 0 Å². The van der Waals surface area contributed by atoms with Gasteiger partial charge in [-0.3, -0.25) is 0 Å². The average Bonchev–Trinajstić information content (AvgIpc) is 2.94. The average molecular weight is 589 g/mol. The molecule has 15 heteroatoms. The Bertz CT molecular complexity index is 1230. The van der Waals surface area contributed by atoms with Crippen LogP contribution < -0.4 is 10.4 Å². The maximum absolute atomic E-state index is 12.1. The Morgan fingerprint density at radius 1 is 0.805 bits per heavy atom. The molecule has 230 valence electrons. The zero-order valence-corrected chi connectivity index (χ0v) is 22.3. The number of aliphatic hydroxyl groups excluding tert-OH is 9. The van der Waals surface area contributed by atoms with Crippen LogP contribution in [0.1, 0.15) is 19.4 Å². The molecule has 2 fully saturated rings. The molecule has 2 aliphatic heterocycles. The molecule has 0 radical (unpaired) electrons. The Hall–Kier alpha value is -2.25. The van der Waals surface area contributed by atoms with Crippen molar-refractivity contribution in [3.8, 4) is 5.75 Å². The summed E-state index contributed by atoms with van der Waals surface area (Å²) < 4.78 is 27.8. The monoisotopic (exact) mass is 588 g/mol. The van der Waals surface area contributed by atoms with Gasteiger partial charge in [-0.05, 0) is 32.0 Å². The lowest BCUT2D eigenvalue weighted by molar-refractivity contribution is -0.331. The van der Waals surface area contributed by atoms with Gasteiger partial charge in [-0.1, -0.05) is 0 Å². The van der Waals surface area contributed by atoms with Gasteiger partial charge in [0, 0.05) is 23.4 Å². The Kier molecular flexibility index (Phi) is 9.69. The first-order valence-electron chi connectivity index (χ1n) is 13.0. The molecule has 41 heavy (non-hydrogen) atoms. The summed E-state index contributed by atoms with van der Waals surface area (Å²) in [4.78, 5) is 12.1. The molecule has 15 nitrogen and oxygen atoms in total. The third-order valence-corrected chi connectivity index (χ3v) is 7.41. The number of hydrogen-bond donors (Lipinski definition) is 9. The number of aliphatic hydroxyl groups is 9. The maximum Gasteiger partial charge on any atom is 0.336 e. The van der Waals surface area contributed by atoms with Crippen LogP contribution in [0.2, 0.25) is 0 Å². The van der Waals surface area contributed by atoms with Crippen LogP contribution in [-0.4, -0.2) is 132 Å². The Balaban J connectivity index is 1.63. The van der Waals surface area contributed by atoms with Crippen LogP contribution in [0.4, 0.5) is 0 Å². The summed E-state index contributed by atoms with van der Waals surface area (Å²) in [5, 5.41) is 91.8. The van der Waals surface area contributed by atoms with Gasteiger partial charge in [0.05, 0.1) is 24.9 Å². The molecule has 2 aromatic rings. The molecule has 0 spiro atoms. The van der Waals surface area contributed by atoms with Gasteiger partial charge in [0.15, 0.2) is 6.29 Å². The van der Waals surface area contributed by atoms with Gasteiger partial charge < -0.3 is 69.3 Å². The second kappa shape index (κ2) is 12.5. The van der Waals surface area contributed by atoms with Crippen molar-refractivity contribution < 1.29 is 69.3 Å². The van der Waals surface area contributed by atoms with E-state index in [-0.39, 0.29) is 23.3 Å². The van der Waals surface area contributed by atoms with Crippen LogP contribution >= 0.6 is 0 Å². The lowest BCUT2D eigenvalue weighted by Crippen LogP contribution is -2.61. The highest BCUT2D eigenvalue weighted by atomic mass is 16.7. The molecular formula is C26H36O15. The number of fused-ring (bicyclic) bond motifs is 1. The molecule has 0 aliphatic carbocycles. The fraction of sp³-hybridized carbons (Fsp3) is 0.654. The van der Waals surface area contributed by atoms with Gasteiger partial charge in [-0.15, -0.1) is 0 Å². The minimum absolute atomic E-state index is 0.0160. The minimum atomic E-state index is -1.74. The summed E-state index contributed by atoms with van der Waals surface area (Å²) in [7, 11) is 0. The highest BCUT2D eigenvalue weighted by molar-refractivity contribution is 5.82. The molecule has 11 atom stereocenters. The quantitative estimate of drug-likeness (QED) is 0.129. The third kappa shape index (κ3) is 6.41. The van der Waals surface area contributed by atoms with E-state index in [1.807, 2.05) is 0 Å². The number of ether oxygens (including phenoxy) is 4. The number of hydrogen-bond acceptors (Lipinski definition) is 15. The van der Waals surface area contributed by atoms with Gasteiger partial charge in [-0.2, -0.15) is 0 Å². The van der Waals surface area contributed by atoms with E-state index < -0.39 is 92.0 Å². The van der Waals surface area contributed by atoms with E-state index in [0.29, 0.717) is 5.39 Å². The van der Waals surface area contributed by atoms with Gasteiger partial charge in [0.2, 0.25) is 6.29 Å². The molecule has 0 unspecified atom stereocenters. The highest BCUT2D eigenvalue weighted by Crippen LogP contribution is 2.35. The van der Waals surface area contributed by atoms with E-state index in [9.17, 15) is 50.8 Å². The molecular weight excluding hydrogens is 552 g/mol. The Labute approximate surface area is 233 Å². The number of benzene rings is 1. The van der Waals surface area contributed by atoms with Gasteiger partial charge in [0.25, 0.3) is 0 Å². The van der Waals surface area contributed by atoms with Crippen molar-refractivity contribution in [1.29, 1.82) is 0 Å². The van der Waals surface area contributed by atoms with Crippen molar-refractivity contribution in [1.82, 2.24) is 0 Å². The molecule has 0 saturated carbocycles. The zero-order valence-electron chi connectivity index (χ0n) is 22.3. The second-order valence-electron chi connectivity index (χ2n) is 10.7. The predicted octanol–water partition coefficient (Wildman–Crippen LogP) is -3.53. The van der Waals surface area contributed by atoms with Crippen LogP contribution in [0.15, 0.2) is 33.5 Å². The van der Waals surface area contributed by atoms with Crippen LogP contribution in [0.5, 0.6) is 5.75 Å². The molecule has 2 saturated heterocycles. The summed E-state index contributed by atoms with van der Waals surface area (Å²) >= 11 is 0. The van der Waals surface area contributed by atoms with Gasteiger partial charge in [0.1, 0.15) is 60.2 Å². The van der Waals surface area contributed by atoms with Crippen molar-refractivity contribution in [3.63, 3.8) is 0 Å². The molecule has 1 aromatic carbocycles. The molecule has 0 amide bonds. The molecule has 3 heterocycles. The molecule has 4 rings (SSSR count). The topological polar surface area (TPSA) is 249 Å². The largest absolute Gasteiger partial charge is 0.462 e. The van der Waals surface area contributed by atoms with Gasteiger partial charge >= 0.3 is 5.63 Å². The van der Waals surface area contributed by atoms with Crippen LogP contribution in [0, 0.1) is 0 Å². The van der Waals surface area contributed by atoms with Crippen LogP contribution in [0.25, 0.3) is 11.0 Å². The summed E-state index contributed by atoms with van der Waals surface area (Å²) in [6, 6.07) is 5.64. The summed E-state index contributed by atoms with van der Waals surface area (Å²) in [5.41, 5.74) is -2.11. The van der Waals surface area contributed by atoms with E-state index in [4.69, 9.17) is 23.4 Å². The fourth-order valence-electron chi connectivity index (χ4n) is 4.75. The fourth-order valence-corrected chi connectivity index (χ4v) is 4.75. The van der Waals surface area contributed by atoms with Crippen LogP contribution in [0.3, 0.4) is 0 Å². The van der Waals surface area contributed by atoms with E-state index in [0.717, 1.165) is 0 Å². The van der Waals surface area contributed by atoms with E-state index >= 15 is 0 Å². The summed E-state index contributed by atoms with van der Waals surface area (Å²) in [6.45, 7) is 1.52. The first-order valence-corrected chi connectivity index (χ1v) is 13.0. The summed E-state index contributed by atoms with van der Waals surface area (Å²) in [6.07, 6.45) is -17.5. The number of rotatable bonds is 9. The Morgan fingerprint density at radius 3 is 1.93 bits per heavy atom. The highest BCUT2D eigenvalue weighted by Gasteiger charge is 2.48. The smallest absolute Gasteiger partial charge is 0.336 e. The molecule has 1 aromatic heterocycles. The first kappa shape index (κ1) is 31.7. The summed E-state index contributed by atoms with van der Waals surface area (Å²) in [5.74, 6) is -0.0427. The lowest BCUT2D eigenvalue weighted by Gasteiger charge is -2.43.